The summed E-state index contributed by atoms with van der Waals surface area (Å²) in [6.07, 6.45) is 0.126. The van der Waals surface area contributed by atoms with Gasteiger partial charge in [-0.25, -0.2) is 4.79 Å². The first-order valence-electron chi connectivity index (χ1n) is 8.78. The molecule has 3 atom stereocenters. The molecule has 0 saturated carbocycles. The van der Waals surface area contributed by atoms with Crippen LogP contribution >= 0.6 is 12.6 Å². The van der Waals surface area contributed by atoms with E-state index >= 15 is 0 Å². The van der Waals surface area contributed by atoms with Crippen LogP contribution in [0.5, 0.6) is 0 Å². The Balaban J connectivity index is 4.66. The lowest BCUT2D eigenvalue weighted by molar-refractivity contribution is -0.141. The maximum Gasteiger partial charge on any atom is 0.327 e. The van der Waals surface area contributed by atoms with E-state index in [0.29, 0.717) is 6.42 Å². The summed E-state index contributed by atoms with van der Waals surface area (Å²) in [6.45, 7) is -0.241. The van der Waals surface area contributed by atoms with Crippen molar-refractivity contribution in [1.29, 1.82) is 0 Å². The SMILES string of the molecule is NC(=O)CC(NC(=O)CNC(=O)C(N)CCCN=C(N)N)C(=O)NC(CS)C(=O)O. The molecule has 0 spiro atoms. The molecule has 4 amide bonds. The van der Waals surface area contributed by atoms with Gasteiger partial charge in [0, 0.05) is 12.3 Å². The Bertz CT molecular complexity index is 670. The summed E-state index contributed by atoms with van der Waals surface area (Å²) in [5.74, 6) is -4.91. The molecule has 0 bridgehead atoms. The van der Waals surface area contributed by atoms with Crippen molar-refractivity contribution in [3.8, 4) is 0 Å². The van der Waals surface area contributed by atoms with Gasteiger partial charge in [0.05, 0.1) is 19.0 Å². The van der Waals surface area contributed by atoms with Gasteiger partial charge < -0.3 is 44.0 Å². The lowest BCUT2D eigenvalue weighted by atomic mass is 10.1. The monoisotopic (exact) mass is 448 g/mol. The third kappa shape index (κ3) is 11.7. The van der Waals surface area contributed by atoms with Crippen LogP contribution in [0.3, 0.4) is 0 Å². The first kappa shape index (κ1) is 26.9. The van der Waals surface area contributed by atoms with Crippen molar-refractivity contribution in [2.24, 2.45) is 27.9 Å². The second-order valence-electron chi connectivity index (χ2n) is 6.15. The summed E-state index contributed by atoms with van der Waals surface area (Å²) in [5, 5.41) is 15.6. The smallest absolute Gasteiger partial charge is 0.327 e. The number of guanidine groups is 1. The third-order valence-electron chi connectivity index (χ3n) is 3.58. The molecule has 3 unspecified atom stereocenters. The first-order chi connectivity index (χ1) is 14.0. The number of hydrogen-bond acceptors (Lipinski definition) is 8. The number of primary amides is 1. The highest BCUT2D eigenvalue weighted by Gasteiger charge is 2.27. The molecule has 0 fully saturated rings. The van der Waals surface area contributed by atoms with E-state index in [4.69, 9.17) is 28.0 Å². The highest BCUT2D eigenvalue weighted by Crippen LogP contribution is 1.97. The maximum absolute atomic E-state index is 12.2. The van der Waals surface area contributed by atoms with Gasteiger partial charge in [-0.3, -0.25) is 24.2 Å². The number of amides is 4. The summed E-state index contributed by atoms with van der Waals surface area (Å²) in [5.41, 5.74) is 21.1. The van der Waals surface area contributed by atoms with E-state index in [1.165, 1.54) is 0 Å². The zero-order valence-corrected chi connectivity index (χ0v) is 17.1. The van der Waals surface area contributed by atoms with Crippen LogP contribution in [0.1, 0.15) is 19.3 Å². The zero-order valence-electron chi connectivity index (χ0n) is 16.2. The number of carbonyl (C=O) groups is 5. The number of carboxylic acid groups (broad SMARTS) is 1. The molecule has 0 aromatic rings. The molecular formula is C15H28N8O6S. The molecule has 0 aliphatic heterocycles. The van der Waals surface area contributed by atoms with E-state index in [-0.39, 0.29) is 24.7 Å². The average Bonchev–Trinajstić information content (AvgIpc) is 2.65. The van der Waals surface area contributed by atoms with Crippen molar-refractivity contribution in [3.63, 3.8) is 0 Å². The number of aliphatic carboxylic acids is 1. The van der Waals surface area contributed by atoms with Crippen molar-refractivity contribution in [3.05, 3.63) is 0 Å². The Morgan fingerprint density at radius 2 is 1.63 bits per heavy atom. The Morgan fingerprint density at radius 3 is 2.13 bits per heavy atom. The lowest BCUT2D eigenvalue weighted by Crippen LogP contribution is -2.55. The molecule has 0 aromatic carbocycles. The molecule has 0 aliphatic carbocycles. The van der Waals surface area contributed by atoms with Crippen LogP contribution in [0.2, 0.25) is 0 Å². The van der Waals surface area contributed by atoms with E-state index in [9.17, 15) is 24.0 Å². The molecule has 30 heavy (non-hydrogen) atoms. The molecule has 0 rings (SSSR count). The van der Waals surface area contributed by atoms with Crippen LogP contribution in [0.25, 0.3) is 0 Å². The fourth-order valence-corrected chi connectivity index (χ4v) is 2.31. The van der Waals surface area contributed by atoms with Crippen LogP contribution in [-0.4, -0.2) is 77.6 Å². The predicted octanol–water partition coefficient (Wildman–Crippen LogP) is -4.66. The number of aliphatic imine (C=N–C) groups is 1. The number of nitrogens with zero attached hydrogens (tertiary/aromatic N) is 1. The lowest BCUT2D eigenvalue weighted by Gasteiger charge is -2.20. The minimum atomic E-state index is -1.43. The summed E-state index contributed by atoms with van der Waals surface area (Å²) in [4.78, 5) is 62.0. The molecule has 0 heterocycles. The van der Waals surface area contributed by atoms with Gasteiger partial charge in [-0.05, 0) is 12.8 Å². The van der Waals surface area contributed by atoms with Crippen molar-refractivity contribution >= 4 is 48.2 Å². The Hall–Kier alpha value is -3.07. The number of thiol groups is 1. The summed E-state index contributed by atoms with van der Waals surface area (Å²) in [7, 11) is 0. The van der Waals surface area contributed by atoms with E-state index in [1.807, 2.05) is 0 Å². The van der Waals surface area contributed by atoms with Gasteiger partial charge in [0.15, 0.2) is 5.96 Å². The van der Waals surface area contributed by atoms with Crippen molar-refractivity contribution in [2.75, 3.05) is 18.8 Å². The predicted molar refractivity (Wildman–Crippen MR) is 110 cm³/mol. The van der Waals surface area contributed by atoms with E-state index in [2.05, 4.69) is 33.6 Å². The van der Waals surface area contributed by atoms with Gasteiger partial charge in [0.25, 0.3) is 0 Å². The van der Waals surface area contributed by atoms with Crippen molar-refractivity contribution in [2.45, 2.75) is 37.4 Å². The Kier molecular flexibility index (Phi) is 12.6. The topological polar surface area (TPSA) is 258 Å². The van der Waals surface area contributed by atoms with Gasteiger partial charge >= 0.3 is 5.97 Å². The van der Waals surface area contributed by atoms with Gasteiger partial charge in [-0.15, -0.1) is 0 Å². The standard InChI is InChI=1S/C15H28N8O6S/c16-7(2-1-3-20-15(18)19)12(26)21-5-11(25)22-8(4-10(17)24)13(27)23-9(6-30)14(28)29/h7-9,30H,1-6,16H2,(H2,17,24)(H,21,26)(H,22,25)(H,23,27)(H,28,29)(H4,18,19,20). The largest absolute Gasteiger partial charge is 0.480 e. The minimum Gasteiger partial charge on any atom is -0.480 e. The Labute approximate surface area is 178 Å². The number of carbonyl (C=O) groups excluding carboxylic acids is 4. The van der Waals surface area contributed by atoms with Crippen LogP contribution in [-0.2, 0) is 24.0 Å². The van der Waals surface area contributed by atoms with Crippen LogP contribution in [0.15, 0.2) is 4.99 Å². The number of nitrogens with two attached hydrogens (primary N) is 4. The highest BCUT2D eigenvalue weighted by atomic mass is 32.1. The second kappa shape index (κ2) is 14.0. The van der Waals surface area contributed by atoms with Crippen LogP contribution in [0.4, 0.5) is 0 Å². The molecule has 170 valence electrons. The molecule has 15 heteroatoms. The van der Waals surface area contributed by atoms with E-state index in [0.717, 1.165) is 0 Å². The van der Waals surface area contributed by atoms with Crippen molar-refractivity contribution in [1.82, 2.24) is 16.0 Å². The summed E-state index contributed by atoms with van der Waals surface area (Å²) >= 11 is 3.80. The minimum absolute atomic E-state index is 0.0803. The first-order valence-corrected chi connectivity index (χ1v) is 9.41. The summed E-state index contributed by atoms with van der Waals surface area (Å²) < 4.78 is 0. The Morgan fingerprint density at radius 1 is 1.00 bits per heavy atom. The van der Waals surface area contributed by atoms with E-state index in [1.54, 1.807) is 0 Å². The maximum atomic E-state index is 12.2. The average molecular weight is 449 g/mol. The van der Waals surface area contributed by atoms with Gasteiger partial charge in [0.1, 0.15) is 12.1 Å². The normalized spacial score (nSPS) is 13.3. The van der Waals surface area contributed by atoms with Gasteiger partial charge in [-0.2, -0.15) is 12.6 Å². The third-order valence-corrected chi connectivity index (χ3v) is 3.95. The highest BCUT2D eigenvalue weighted by molar-refractivity contribution is 7.80. The molecule has 0 aliphatic rings. The summed E-state index contributed by atoms with van der Waals surface area (Å²) in [6, 6.07) is -3.67. The second-order valence-corrected chi connectivity index (χ2v) is 6.51. The van der Waals surface area contributed by atoms with Gasteiger partial charge in [-0.1, -0.05) is 0 Å². The fourth-order valence-electron chi connectivity index (χ4n) is 2.06. The molecule has 12 N–H and O–H groups in total. The molecule has 14 nitrogen and oxygen atoms in total. The van der Waals surface area contributed by atoms with Crippen molar-refractivity contribution < 1.29 is 29.1 Å². The van der Waals surface area contributed by atoms with E-state index < -0.39 is 60.7 Å². The quantitative estimate of drug-likeness (QED) is 0.0534. The number of carboxylic acids is 1. The molecular weight excluding hydrogens is 420 g/mol. The molecule has 0 aromatic heterocycles. The number of hydrogen-bond donors (Lipinski definition) is 9. The molecule has 0 saturated heterocycles. The van der Waals surface area contributed by atoms with Crippen LogP contribution < -0.4 is 38.9 Å². The number of rotatable bonds is 14. The van der Waals surface area contributed by atoms with Gasteiger partial charge in [0.2, 0.25) is 23.6 Å². The fraction of sp³-hybridized carbons (Fsp3) is 0.600. The van der Waals surface area contributed by atoms with Crippen LogP contribution in [0, 0.1) is 0 Å². The number of nitrogens with one attached hydrogen (secondary N) is 3. The molecule has 0 radical (unpaired) electrons. The zero-order chi connectivity index (χ0) is 23.3.